The number of rotatable bonds is 5. The van der Waals surface area contributed by atoms with Crippen molar-refractivity contribution in [3.63, 3.8) is 0 Å². The molecule has 0 saturated heterocycles. The average molecular weight is 345 g/mol. The number of halogens is 3. The smallest absolute Gasteiger partial charge is 0.511 e. The van der Waals surface area contributed by atoms with E-state index in [-0.39, 0.29) is 1.43 Å². The zero-order valence-electron chi connectivity index (χ0n) is 12.9. The van der Waals surface area contributed by atoms with E-state index in [1.54, 1.807) is 53.3 Å². The van der Waals surface area contributed by atoms with Crippen molar-refractivity contribution >= 4 is 10.0 Å². The molecule has 126 valence electrons. The van der Waals surface area contributed by atoms with Gasteiger partial charge in [-0.05, 0) is 11.1 Å². The SMILES string of the molecule is N[C@@H](c1ccccc1)[C@@H](NS(=O)(=O)C(F)(F)F)c1ccccc1.[H-]. The van der Waals surface area contributed by atoms with E-state index >= 15 is 0 Å². The summed E-state index contributed by atoms with van der Waals surface area (Å²) in [7, 11) is -5.53. The molecule has 0 aliphatic carbocycles. The Labute approximate surface area is 133 Å². The van der Waals surface area contributed by atoms with Crippen molar-refractivity contribution in [1.29, 1.82) is 0 Å². The minimum atomic E-state index is -5.53. The second kappa shape index (κ2) is 6.69. The number of alkyl halides is 3. The molecule has 0 unspecified atom stereocenters. The predicted molar refractivity (Wildman–Crippen MR) is 81.8 cm³/mol. The van der Waals surface area contributed by atoms with Crippen LogP contribution in [-0.4, -0.2) is 13.9 Å². The summed E-state index contributed by atoms with van der Waals surface area (Å²) in [6.45, 7) is 0. The van der Waals surface area contributed by atoms with E-state index in [1.165, 1.54) is 12.1 Å². The maximum Gasteiger partial charge on any atom is 0.511 e. The monoisotopic (exact) mass is 345 g/mol. The van der Waals surface area contributed by atoms with E-state index in [0.717, 1.165) is 0 Å². The molecule has 0 spiro atoms. The normalized spacial score (nSPS) is 15.1. The number of benzene rings is 2. The van der Waals surface area contributed by atoms with Gasteiger partial charge in [-0.15, -0.1) is 0 Å². The first-order valence-corrected chi connectivity index (χ1v) is 8.15. The van der Waals surface area contributed by atoms with E-state index in [4.69, 9.17) is 5.73 Å². The molecule has 2 aromatic rings. The summed E-state index contributed by atoms with van der Waals surface area (Å²) in [5.41, 5.74) is 1.48. The van der Waals surface area contributed by atoms with E-state index < -0.39 is 27.6 Å². The standard InChI is InChI=1S/C15H15F3N2O2S.H/c16-15(17,18)23(21,22)20-14(12-9-5-2-6-10-12)13(19)11-7-3-1-4-8-11;/h1-10,13-14,20H,19H2;/q;-1/t13-,14-;/m0./s1. The summed E-state index contributed by atoms with van der Waals surface area (Å²) >= 11 is 0. The molecule has 3 N–H and O–H groups in total. The zero-order chi connectivity index (χ0) is 17.1. The number of sulfonamides is 1. The number of hydrogen-bond donors (Lipinski definition) is 2. The molecule has 0 saturated carbocycles. The minimum Gasteiger partial charge on any atom is -1.00 e. The third-order valence-electron chi connectivity index (χ3n) is 3.29. The molecule has 8 heteroatoms. The molecule has 0 bridgehead atoms. The van der Waals surface area contributed by atoms with Crippen LogP contribution in [0.25, 0.3) is 0 Å². The highest BCUT2D eigenvalue weighted by Crippen LogP contribution is 2.31. The van der Waals surface area contributed by atoms with Gasteiger partial charge in [0.1, 0.15) is 0 Å². The van der Waals surface area contributed by atoms with Crippen LogP contribution in [0.15, 0.2) is 60.7 Å². The number of hydrogen-bond acceptors (Lipinski definition) is 3. The third-order valence-corrected chi connectivity index (χ3v) is 4.46. The Morgan fingerprint density at radius 3 is 1.78 bits per heavy atom. The van der Waals surface area contributed by atoms with Crippen LogP contribution in [-0.2, 0) is 10.0 Å². The molecular weight excluding hydrogens is 329 g/mol. The first-order chi connectivity index (χ1) is 10.7. The van der Waals surface area contributed by atoms with Gasteiger partial charge in [0.2, 0.25) is 0 Å². The van der Waals surface area contributed by atoms with Gasteiger partial charge in [0.25, 0.3) is 0 Å². The maximum absolute atomic E-state index is 12.7. The zero-order valence-corrected chi connectivity index (χ0v) is 12.7. The Balaban J connectivity index is 0.00000288. The van der Waals surface area contributed by atoms with E-state index in [0.29, 0.717) is 11.1 Å². The van der Waals surface area contributed by atoms with Crippen molar-refractivity contribution in [3.8, 4) is 0 Å². The van der Waals surface area contributed by atoms with Crippen LogP contribution < -0.4 is 10.5 Å². The van der Waals surface area contributed by atoms with Gasteiger partial charge in [0.05, 0.1) is 12.1 Å². The summed E-state index contributed by atoms with van der Waals surface area (Å²) in [5.74, 6) is 0. The highest BCUT2D eigenvalue weighted by molar-refractivity contribution is 7.90. The summed E-state index contributed by atoms with van der Waals surface area (Å²) < 4.78 is 62.7. The number of nitrogens with one attached hydrogen (secondary N) is 1. The molecule has 2 rings (SSSR count). The molecule has 4 nitrogen and oxygen atoms in total. The van der Waals surface area contributed by atoms with Gasteiger partial charge in [0.15, 0.2) is 0 Å². The Morgan fingerprint density at radius 1 is 0.913 bits per heavy atom. The highest BCUT2D eigenvalue weighted by atomic mass is 32.2. The lowest BCUT2D eigenvalue weighted by Gasteiger charge is -2.26. The third kappa shape index (κ3) is 4.10. The molecule has 0 heterocycles. The van der Waals surface area contributed by atoms with Crippen LogP contribution in [0.2, 0.25) is 0 Å². The van der Waals surface area contributed by atoms with Gasteiger partial charge in [-0.2, -0.15) is 17.9 Å². The molecule has 0 radical (unpaired) electrons. The fourth-order valence-corrected chi connectivity index (χ4v) is 2.86. The van der Waals surface area contributed by atoms with Crippen LogP contribution in [0.1, 0.15) is 24.6 Å². The quantitative estimate of drug-likeness (QED) is 0.875. The lowest BCUT2D eigenvalue weighted by Crippen LogP contribution is -2.42. The van der Waals surface area contributed by atoms with Crippen LogP contribution in [0, 0.1) is 0 Å². The van der Waals surface area contributed by atoms with E-state index in [1.807, 2.05) is 0 Å². The summed E-state index contributed by atoms with van der Waals surface area (Å²) in [4.78, 5) is 0. The lowest BCUT2D eigenvalue weighted by molar-refractivity contribution is -0.0451. The van der Waals surface area contributed by atoms with Crippen molar-refractivity contribution in [2.45, 2.75) is 17.6 Å². The molecule has 0 amide bonds. The molecule has 2 atom stereocenters. The number of nitrogens with two attached hydrogens (primary N) is 1. The van der Waals surface area contributed by atoms with Crippen molar-refractivity contribution in [3.05, 3.63) is 71.8 Å². The summed E-state index contributed by atoms with van der Waals surface area (Å²) in [6.07, 6.45) is 0. The Kier molecular flexibility index (Phi) is 5.08. The van der Waals surface area contributed by atoms with Crippen LogP contribution >= 0.6 is 0 Å². The maximum atomic E-state index is 12.7. The Bertz CT molecular complexity index is 740. The van der Waals surface area contributed by atoms with Gasteiger partial charge in [-0.1, -0.05) is 60.7 Å². The fourth-order valence-electron chi connectivity index (χ4n) is 2.11. The Hall–Kier alpha value is -1.90. The minimum absolute atomic E-state index is 0. The van der Waals surface area contributed by atoms with Crippen molar-refractivity contribution in [1.82, 2.24) is 4.72 Å². The Morgan fingerprint density at radius 2 is 1.35 bits per heavy atom. The molecule has 0 aliphatic rings. The van der Waals surface area contributed by atoms with Gasteiger partial charge >= 0.3 is 15.5 Å². The summed E-state index contributed by atoms with van der Waals surface area (Å²) in [6, 6.07) is 14.0. The lowest BCUT2D eigenvalue weighted by atomic mass is 9.95. The van der Waals surface area contributed by atoms with Crippen molar-refractivity contribution in [2.24, 2.45) is 5.73 Å². The van der Waals surface area contributed by atoms with Gasteiger partial charge < -0.3 is 7.16 Å². The molecule has 23 heavy (non-hydrogen) atoms. The van der Waals surface area contributed by atoms with Crippen LogP contribution in [0.3, 0.4) is 0 Å². The average Bonchev–Trinajstić information content (AvgIpc) is 2.52. The fraction of sp³-hybridized carbons (Fsp3) is 0.200. The van der Waals surface area contributed by atoms with Gasteiger partial charge in [0, 0.05) is 0 Å². The molecular formula is C15H16F3N2O2S-. The van der Waals surface area contributed by atoms with Crippen molar-refractivity contribution in [2.75, 3.05) is 0 Å². The van der Waals surface area contributed by atoms with Crippen LogP contribution in [0.4, 0.5) is 13.2 Å². The topological polar surface area (TPSA) is 72.2 Å². The van der Waals surface area contributed by atoms with Crippen LogP contribution in [0.5, 0.6) is 0 Å². The van der Waals surface area contributed by atoms with Crippen molar-refractivity contribution < 1.29 is 23.0 Å². The first-order valence-electron chi connectivity index (χ1n) is 6.66. The van der Waals surface area contributed by atoms with E-state index in [9.17, 15) is 21.6 Å². The molecule has 0 aliphatic heterocycles. The second-order valence-electron chi connectivity index (χ2n) is 4.89. The largest absolute Gasteiger partial charge is 1.00 e. The second-order valence-corrected chi connectivity index (χ2v) is 6.60. The molecule has 2 aromatic carbocycles. The predicted octanol–water partition coefficient (Wildman–Crippen LogP) is 2.98. The van der Waals surface area contributed by atoms with Gasteiger partial charge in [-0.3, -0.25) is 0 Å². The van der Waals surface area contributed by atoms with E-state index in [2.05, 4.69) is 0 Å². The van der Waals surface area contributed by atoms with Gasteiger partial charge in [-0.25, -0.2) is 8.42 Å². The highest BCUT2D eigenvalue weighted by Gasteiger charge is 2.47. The molecule has 0 aromatic heterocycles. The summed E-state index contributed by atoms with van der Waals surface area (Å²) in [5, 5.41) is 0. The molecule has 0 fully saturated rings. The first kappa shape index (κ1) is 17.5.